The van der Waals surface area contributed by atoms with Crippen molar-refractivity contribution in [3.63, 3.8) is 0 Å². The number of unbranched alkanes of at least 4 members (excludes halogenated alkanes) is 34. The van der Waals surface area contributed by atoms with Crippen molar-refractivity contribution < 1.29 is 80.2 Å². The van der Waals surface area contributed by atoms with Crippen LogP contribution in [0.5, 0.6) is 0 Å². The van der Waals surface area contributed by atoms with Gasteiger partial charge in [0.05, 0.1) is 26.4 Å². The standard InChI is InChI=1S/C72H140O17P2/c1-9-65(8)51-43-35-30-31-37-45-53-70(75)83-59-68(88-71(76)54-46-38-28-21-15-13-11-10-12-14-18-24-32-40-48-62(2)3)61-87-91(80,81)85-57-66(73)56-84-90(78,79)86-60-67(89-72(77)55-47-39-29-23-22-26-34-42-50-64(6)7)58-82-69(74)52-44-36-27-20-17-16-19-25-33-41-49-63(4)5/h62-68,73H,9-61H2,1-8H3,(H,78,79)(H,80,81)/t65?,66-,67-,68-/m1/s1. The van der Waals surface area contributed by atoms with Crippen LogP contribution >= 0.6 is 15.6 Å². The average Bonchev–Trinajstić information content (AvgIpc) is 3.29. The summed E-state index contributed by atoms with van der Waals surface area (Å²) in [4.78, 5) is 72.6. The van der Waals surface area contributed by atoms with Crippen LogP contribution in [0, 0.1) is 23.7 Å². The molecule has 6 atom stereocenters. The maximum Gasteiger partial charge on any atom is 0.472 e. The molecule has 540 valence electrons. The SMILES string of the molecule is CCC(C)CCCCCCCCC(=O)OC[C@H](COP(=O)(O)OC[C@H](O)COP(=O)(O)OC[C@@H](COC(=O)CCCCCCCCCCCCC(C)C)OC(=O)CCCCCCCCCCC(C)C)OC(=O)CCCCCCCCCCCCCCCCC(C)C. The third-order valence-corrected chi connectivity index (χ3v) is 18.8. The van der Waals surface area contributed by atoms with Gasteiger partial charge in [0.2, 0.25) is 0 Å². The lowest BCUT2D eigenvalue weighted by Crippen LogP contribution is -2.30. The molecule has 0 radical (unpaired) electrons. The molecule has 0 spiro atoms. The summed E-state index contributed by atoms with van der Waals surface area (Å²) in [5.41, 5.74) is 0. The number of hydrogen-bond donors (Lipinski definition) is 3. The van der Waals surface area contributed by atoms with E-state index in [2.05, 4.69) is 55.4 Å². The molecule has 0 aliphatic rings. The Morgan fingerprint density at radius 1 is 0.308 bits per heavy atom. The molecule has 0 fully saturated rings. The van der Waals surface area contributed by atoms with Crippen molar-refractivity contribution in [1.82, 2.24) is 0 Å². The van der Waals surface area contributed by atoms with Gasteiger partial charge in [-0.05, 0) is 49.4 Å². The highest BCUT2D eigenvalue weighted by molar-refractivity contribution is 7.47. The summed E-state index contributed by atoms with van der Waals surface area (Å²) in [6.45, 7) is 14.1. The highest BCUT2D eigenvalue weighted by Gasteiger charge is 2.30. The van der Waals surface area contributed by atoms with Crippen LogP contribution < -0.4 is 0 Å². The molecule has 17 nitrogen and oxygen atoms in total. The highest BCUT2D eigenvalue weighted by atomic mass is 31.2. The Morgan fingerprint density at radius 2 is 0.527 bits per heavy atom. The Balaban J connectivity index is 5.24. The van der Waals surface area contributed by atoms with Crippen molar-refractivity contribution in [2.45, 2.75) is 375 Å². The van der Waals surface area contributed by atoms with E-state index >= 15 is 0 Å². The molecule has 0 aromatic rings. The summed E-state index contributed by atoms with van der Waals surface area (Å²) in [6.07, 6.45) is 44.5. The number of aliphatic hydroxyl groups excluding tert-OH is 1. The summed E-state index contributed by atoms with van der Waals surface area (Å²) in [7, 11) is -9.91. The normalized spacial score (nSPS) is 14.5. The molecule has 91 heavy (non-hydrogen) atoms. The van der Waals surface area contributed by atoms with Crippen LogP contribution in [0.15, 0.2) is 0 Å². The minimum absolute atomic E-state index is 0.104. The second-order valence-electron chi connectivity index (χ2n) is 27.6. The molecular weight excluding hydrogens is 1200 g/mol. The van der Waals surface area contributed by atoms with E-state index in [0.717, 1.165) is 120 Å². The monoisotopic (exact) mass is 1340 g/mol. The summed E-state index contributed by atoms with van der Waals surface area (Å²) in [5.74, 6) is 0.874. The molecule has 0 aliphatic carbocycles. The van der Waals surface area contributed by atoms with E-state index in [0.29, 0.717) is 25.7 Å². The molecular formula is C72H140O17P2. The number of phosphoric ester groups is 2. The van der Waals surface area contributed by atoms with Crippen LogP contribution in [-0.2, 0) is 65.4 Å². The molecule has 0 bridgehead atoms. The zero-order valence-corrected chi connectivity index (χ0v) is 61.3. The fraction of sp³-hybridized carbons (Fsp3) is 0.944. The lowest BCUT2D eigenvalue weighted by molar-refractivity contribution is -0.161. The second kappa shape index (κ2) is 61.6. The van der Waals surface area contributed by atoms with Crippen molar-refractivity contribution in [3.05, 3.63) is 0 Å². The Hall–Kier alpha value is -1.94. The van der Waals surface area contributed by atoms with Gasteiger partial charge in [0.1, 0.15) is 19.3 Å². The predicted octanol–water partition coefficient (Wildman–Crippen LogP) is 20.5. The Morgan fingerprint density at radius 3 is 0.780 bits per heavy atom. The summed E-state index contributed by atoms with van der Waals surface area (Å²) in [5, 5.41) is 10.6. The van der Waals surface area contributed by atoms with E-state index in [1.165, 1.54) is 154 Å². The summed E-state index contributed by atoms with van der Waals surface area (Å²) < 4.78 is 68.3. The Labute approximate surface area is 556 Å². The van der Waals surface area contributed by atoms with E-state index in [4.69, 9.17) is 37.0 Å². The van der Waals surface area contributed by atoms with Crippen molar-refractivity contribution in [2.75, 3.05) is 39.6 Å². The van der Waals surface area contributed by atoms with Gasteiger partial charge < -0.3 is 33.8 Å². The van der Waals surface area contributed by atoms with E-state index in [1.54, 1.807) is 0 Å². The van der Waals surface area contributed by atoms with Crippen molar-refractivity contribution >= 4 is 39.5 Å². The third-order valence-electron chi connectivity index (χ3n) is 16.9. The minimum atomic E-state index is -4.95. The highest BCUT2D eigenvalue weighted by Crippen LogP contribution is 2.45. The lowest BCUT2D eigenvalue weighted by Gasteiger charge is -2.21. The number of phosphoric acid groups is 2. The Bertz CT molecular complexity index is 1800. The van der Waals surface area contributed by atoms with Gasteiger partial charge in [-0.25, -0.2) is 9.13 Å². The molecule has 0 aromatic heterocycles. The van der Waals surface area contributed by atoms with Gasteiger partial charge >= 0.3 is 39.5 Å². The van der Waals surface area contributed by atoms with Crippen molar-refractivity contribution in [2.24, 2.45) is 23.7 Å². The molecule has 3 N–H and O–H groups in total. The number of rotatable bonds is 69. The number of ether oxygens (including phenoxy) is 4. The van der Waals surface area contributed by atoms with Crippen LogP contribution in [0.1, 0.15) is 357 Å². The van der Waals surface area contributed by atoms with Gasteiger partial charge in [0, 0.05) is 25.7 Å². The molecule has 19 heteroatoms. The van der Waals surface area contributed by atoms with Gasteiger partial charge in [-0.1, -0.05) is 306 Å². The first kappa shape index (κ1) is 89.1. The molecule has 0 aromatic carbocycles. The topological polar surface area (TPSA) is 237 Å². The zero-order chi connectivity index (χ0) is 67.5. The van der Waals surface area contributed by atoms with Gasteiger partial charge in [-0.2, -0.15) is 0 Å². The zero-order valence-electron chi connectivity index (χ0n) is 59.5. The maximum atomic E-state index is 13.0. The van der Waals surface area contributed by atoms with E-state index < -0.39 is 97.5 Å². The van der Waals surface area contributed by atoms with Crippen LogP contribution in [0.2, 0.25) is 0 Å². The second-order valence-corrected chi connectivity index (χ2v) is 30.6. The number of carbonyl (C=O) groups is 4. The van der Waals surface area contributed by atoms with Crippen LogP contribution in [-0.4, -0.2) is 96.7 Å². The van der Waals surface area contributed by atoms with Gasteiger partial charge in [-0.15, -0.1) is 0 Å². The fourth-order valence-corrected chi connectivity index (χ4v) is 12.4. The first-order valence-electron chi connectivity index (χ1n) is 37.2. The quantitative estimate of drug-likeness (QED) is 0.0222. The van der Waals surface area contributed by atoms with E-state index in [-0.39, 0.29) is 25.7 Å². The summed E-state index contributed by atoms with van der Waals surface area (Å²) >= 11 is 0. The lowest BCUT2D eigenvalue weighted by atomic mass is 10.00. The maximum absolute atomic E-state index is 13.0. The molecule has 3 unspecified atom stereocenters. The van der Waals surface area contributed by atoms with Gasteiger partial charge in [0.15, 0.2) is 12.2 Å². The number of carbonyl (C=O) groups excluding carboxylic acids is 4. The molecule has 0 saturated carbocycles. The van der Waals surface area contributed by atoms with Crippen molar-refractivity contribution in [3.8, 4) is 0 Å². The molecule has 0 rings (SSSR count). The average molecular weight is 1340 g/mol. The van der Waals surface area contributed by atoms with Crippen LogP contribution in [0.3, 0.4) is 0 Å². The van der Waals surface area contributed by atoms with Gasteiger partial charge in [-0.3, -0.25) is 37.3 Å². The smallest absolute Gasteiger partial charge is 0.462 e. The third kappa shape index (κ3) is 65.1. The van der Waals surface area contributed by atoms with Gasteiger partial charge in [0.25, 0.3) is 0 Å². The van der Waals surface area contributed by atoms with Crippen LogP contribution in [0.4, 0.5) is 0 Å². The number of aliphatic hydroxyl groups is 1. The van der Waals surface area contributed by atoms with E-state index in [1.807, 2.05) is 0 Å². The van der Waals surface area contributed by atoms with E-state index in [9.17, 15) is 43.2 Å². The largest absolute Gasteiger partial charge is 0.472 e. The minimum Gasteiger partial charge on any atom is -0.462 e. The first-order valence-corrected chi connectivity index (χ1v) is 40.2. The van der Waals surface area contributed by atoms with Crippen molar-refractivity contribution in [1.29, 1.82) is 0 Å². The Kier molecular flexibility index (Phi) is 60.3. The predicted molar refractivity (Wildman–Crippen MR) is 367 cm³/mol. The summed E-state index contributed by atoms with van der Waals surface area (Å²) in [6, 6.07) is 0. The first-order chi connectivity index (χ1) is 43.6. The number of esters is 4. The number of hydrogen-bond acceptors (Lipinski definition) is 15. The molecule has 0 saturated heterocycles. The van der Waals surface area contributed by atoms with Crippen LogP contribution in [0.25, 0.3) is 0 Å². The fourth-order valence-electron chi connectivity index (χ4n) is 10.8. The molecule has 0 heterocycles. The molecule has 0 aliphatic heterocycles. The molecule has 0 amide bonds.